The van der Waals surface area contributed by atoms with E-state index >= 15 is 0 Å². The van der Waals surface area contributed by atoms with Crippen molar-refractivity contribution in [1.29, 1.82) is 0 Å². The van der Waals surface area contributed by atoms with Gasteiger partial charge in [-0.2, -0.15) is 0 Å². The fourth-order valence-electron chi connectivity index (χ4n) is 2.26. The van der Waals surface area contributed by atoms with E-state index in [0.29, 0.717) is 16.9 Å². The normalized spacial score (nSPS) is 11.1. The van der Waals surface area contributed by atoms with Gasteiger partial charge >= 0.3 is 0 Å². The zero-order valence-electron chi connectivity index (χ0n) is 13.6. The average Bonchev–Trinajstić information content (AvgIpc) is 2.44. The molecule has 2 N–H and O–H groups in total. The molecule has 0 unspecified atom stereocenters. The second-order valence-corrected chi connectivity index (χ2v) is 7.22. The van der Waals surface area contributed by atoms with Crippen molar-refractivity contribution in [2.24, 2.45) is 0 Å². The molecule has 0 atom stereocenters. The van der Waals surface area contributed by atoms with E-state index in [0.717, 1.165) is 11.1 Å². The third kappa shape index (κ3) is 4.10. The van der Waals surface area contributed by atoms with E-state index in [9.17, 15) is 13.2 Å². The second-order valence-electron chi connectivity index (χ2n) is 5.57. The zero-order chi connectivity index (χ0) is 17.2. The molecule has 0 aromatic heterocycles. The molecule has 5 nitrogen and oxygen atoms in total. The minimum atomic E-state index is -3.66. The van der Waals surface area contributed by atoms with Gasteiger partial charge in [0.1, 0.15) is 0 Å². The molecule has 0 radical (unpaired) electrons. The number of nitrogens with one attached hydrogen (secondary N) is 2. The number of hydrogen-bond acceptors (Lipinski definition) is 3. The Morgan fingerprint density at radius 2 is 1.39 bits per heavy atom. The Morgan fingerprint density at radius 1 is 0.870 bits per heavy atom. The van der Waals surface area contributed by atoms with E-state index in [-0.39, 0.29) is 10.8 Å². The highest BCUT2D eigenvalue weighted by Gasteiger charge is 2.18. The van der Waals surface area contributed by atoms with Crippen LogP contribution in [0.4, 0.5) is 11.4 Å². The molecule has 0 saturated carbocycles. The Labute approximate surface area is 136 Å². The number of carbonyl (C=O) groups excluding carboxylic acids is 1. The van der Waals surface area contributed by atoms with Crippen LogP contribution in [0, 0.1) is 20.8 Å². The Hall–Kier alpha value is -2.34. The SMILES string of the molecule is CC(=O)Nc1ccc(NS(=O)(=O)c2cc(C)c(C)cc2C)cc1. The quantitative estimate of drug-likeness (QED) is 0.901. The predicted molar refractivity (Wildman–Crippen MR) is 92.2 cm³/mol. The predicted octanol–water partition coefficient (Wildman–Crippen LogP) is 3.37. The van der Waals surface area contributed by atoms with Crippen LogP contribution in [-0.2, 0) is 14.8 Å². The molecule has 0 saturated heterocycles. The molecule has 0 spiro atoms. The first-order valence-corrected chi connectivity index (χ1v) is 8.65. The number of hydrogen-bond donors (Lipinski definition) is 2. The fraction of sp³-hybridized carbons (Fsp3) is 0.235. The van der Waals surface area contributed by atoms with Crippen molar-refractivity contribution in [1.82, 2.24) is 0 Å². The average molecular weight is 332 g/mol. The number of benzene rings is 2. The van der Waals surface area contributed by atoms with Crippen LogP contribution in [-0.4, -0.2) is 14.3 Å². The maximum atomic E-state index is 12.6. The van der Waals surface area contributed by atoms with E-state index in [1.54, 1.807) is 37.3 Å². The van der Waals surface area contributed by atoms with Crippen molar-refractivity contribution >= 4 is 27.3 Å². The molecule has 2 rings (SSSR count). The summed E-state index contributed by atoms with van der Waals surface area (Å²) < 4.78 is 27.7. The maximum Gasteiger partial charge on any atom is 0.262 e. The lowest BCUT2D eigenvalue weighted by atomic mass is 10.1. The van der Waals surface area contributed by atoms with Gasteiger partial charge in [-0.3, -0.25) is 9.52 Å². The molecule has 6 heteroatoms. The largest absolute Gasteiger partial charge is 0.326 e. The number of carbonyl (C=O) groups is 1. The summed E-state index contributed by atoms with van der Waals surface area (Å²) in [6, 6.07) is 10.1. The van der Waals surface area contributed by atoms with E-state index in [1.165, 1.54) is 6.92 Å². The molecule has 0 aliphatic rings. The van der Waals surface area contributed by atoms with Crippen LogP contribution in [0.15, 0.2) is 41.3 Å². The van der Waals surface area contributed by atoms with Gasteiger partial charge < -0.3 is 5.32 Å². The highest BCUT2D eigenvalue weighted by atomic mass is 32.2. The van der Waals surface area contributed by atoms with Crippen LogP contribution in [0.1, 0.15) is 23.6 Å². The van der Waals surface area contributed by atoms with Gasteiger partial charge in [-0.25, -0.2) is 8.42 Å². The lowest BCUT2D eigenvalue weighted by Crippen LogP contribution is -2.15. The summed E-state index contributed by atoms with van der Waals surface area (Å²) in [6.45, 7) is 7.03. The van der Waals surface area contributed by atoms with Crippen LogP contribution < -0.4 is 10.0 Å². The number of amides is 1. The third-order valence-corrected chi connectivity index (χ3v) is 5.06. The molecule has 23 heavy (non-hydrogen) atoms. The number of rotatable bonds is 4. The molecule has 1 amide bonds. The fourth-order valence-corrected chi connectivity index (χ4v) is 3.63. The molecule has 0 heterocycles. The van der Waals surface area contributed by atoms with Gasteiger partial charge in [-0.05, 0) is 67.8 Å². The first-order valence-electron chi connectivity index (χ1n) is 7.17. The number of aryl methyl sites for hydroxylation is 3. The van der Waals surface area contributed by atoms with E-state index < -0.39 is 10.0 Å². The van der Waals surface area contributed by atoms with Crippen LogP contribution in [0.2, 0.25) is 0 Å². The lowest BCUT2D eigenvalue weighted by molar-refractivity contribution is -0.114. The number of anilines is 2. The van der Waals surface area contributed by atoms with Gasteiger partial charge in [0.05, 0.1) is 4.90 Å². The van der Waals surface area contributed by atoms with Gasteiger partial charge in [0.15, 0.2) is 0 Å². The highest BCUT2D eigenvalue weighted by Crippen LogP contribution is 2.23. The summed E-state index contributed by atoms with van der Waals surface area (Å²) in [6.07, 6.45) is 0. The van der Waals surface area contributed by atoms with Crippen molar-refractivity contribution < 1.29 is 13.2 Å². The summed E-state index contributed by atoms with van der Waals surface area (Å²) in [7, 11) is -3.66. The van der Waals surface area contributed by atoms with Crippen LogP contribution >= 0.6 is 0 Å². The van der Waals surface area contributed by atoms with Gasteiger partial charge in [-0.1, -0.05) is 6.07 Å². The minimum Gasteiger partial charge on any atom is -0.326 e. The van der Waals surface area contributed by atoms with Crippen LogP contribution in [0.3, 0.4) is 0 Å². The zero-order valence-corrected chi connectivity index (χ0v) is 14.4. The molecule has 0 aliphatic heterocycles. The van der Waals surface area contributed by atoms with Gasteiger partial charge in [0, 0.05) is 18.3 Å². The topological polar surface area (TPSA) is 75.3 Å². The molecule has 2 aromatic carbocycles. The summed E-state index contributed by atoms with van der Waals surface area (Å²) in [5, 5.41) is 2.63. The van der Waals surface area contributed by atoms with Gasteiger partial charge in [0.2, 0.25) is 5.91 Å². The van der Waals surface area contributed by atoms with Crippen molar-refractivity contribution in [3.8, 4) is 0 Å². The molecule has 0 aliphatic carbocycles. The first-order chi connectivity index (χ1) is 10.7. The van der Waals surface area contributed by atoms with Crippen LogP contribution in [0.25, 0.3) is 0 Å². The summed E-state index contributed by atoms with van der Waals surface area (Å²) >= 11 is 0. The van der Waals surface area contributed by atoms with Crippen molar-refractivity contribution in [3.05, 3.63) is 53.1 Å². The smallest absolute Gasteiger partial charge is 0.262 e. The molecule has 122 valence electrons. The molecular formula is C17H20N2O3S. The molecule has 0 fully saturated rings. The Bertz CT molecular complexity index is 841. The van der Waals surface area contributed by atoms with E-state index in [2.05, 4.69) is 10.0 Å². The first kappa shape index (κ1) is 17.0. The van der Waals surface area contributed by atoms with Crippen LogP contribution in [0.5, 0.6) is 0 Å². The van der Waals surface area contributed by atoms with E-state index in [4.69, 9.17) is 0 Å². The number of sulfonamides is 1. The van der Waals surface area contributed by atoms with Crippen molar-refractivity contribution in [3.63, 3.8) is 0 Å². The summed E-state index contributed by atoms with van der Waals surface area (Å²) in [5.41, 5.74) is 3.74. The molecule has 0 bridgehead atoms. The lowest BCUT2D eigenvalue weighted by Gasteiger charge is -2.13. The minimum absolute atomic E-state index is 0.177. The Balaban J connectivity index is 2.28. The molecular weight excluding hydrogens is 312 g/mol. The highest BCUT2D eigenvalue weighted by molar-refractivity contribution is 7.92. The summed E-state index contributed by atoms with van der Waals surface area (Å²) in [5.74, 6) is -0.177. The standard InChI is InChI=1S/C17H20N2O3S/c1-11-9-13(3)17(10-12(11)2)23(21,22)19-16-7-5-15(6-8-16)18-14(4)20/h5-10,19H,1-4H3,(H,18,20). The monoisotopic (exact) mass is 332 g/mol. The Morgan fingerprint density at radius 3 is 1.96 bits per heavy atom. The Kier molecular flexibility index (Phi) is 4.75. The van der Waals surface area contributed by atoms with Crippen molar-refractivity contribution in [2.45, 2.75) is 32.6 Å². The van der Waals surface area contributed by atoms with E-state index in [1.807, 2.05) is 19.9 Å². The third-order valence-electron chi connectivity index (χ3n) is 3.54. The maximum absolute atomic E-state index is 12.6. The van der Waals surface area contributed by atoms with Crippen molar-refractivity contribution in [2.75, 3.05) is 10.0 Å². The second kappa shape index (κ2) is 6.42. The van der Waals surface area contributed by atoms with Gasteiger partial charge in [0.25, 0.3) is 10.0 Å². The molecule has 2 aromatic rings. The summed E-state index contributed by atoms with van der Waals surface area (Å²) in [4.78, 5) is 11.3. The van der Waals surface area contributed by atoms with Gasteiger partial charge in [-0.15, -0.1) is 0 Å².